The number of aryl methyl sites for hydroxylation is 1. The summed E-state index contributed by atoms with van der Waals surface area (Å²) in [6, 6.07) is 0.135. The summed E-state index contributed by atoms with van der Waals surface area (Å²) in [5.41, 5.74) is 2.22. The second-order valence-electron chi connectivity index (χ2n) is 4.40. The molecule has 2 N–H and O–H groups in total. The molecule has 0 saturated carbocycles. The van der Waals surface area contributed by atoms with Crippen molar-refractivity contribution >= 4 is 27.4 Å². The van der Waals surface area contributed by atoms with Gasteiger partial charge in [0, 0.05) is 12.4 Å². The van der Waals surface area contributed by atoms with E-state index < -0.39 is 0 Å². The van der Waals surface area contributed by atoms with Gasteiger partial charge in [-0.3, -0.25) is 0 Å². The Morgan fingerprint density at radius 2 is 2.26 bits per heavy atom. The Labute approximate surface area is 115 Å². The van der Waals surface area contributed by atoms with Gasteiger partial charge in [-0.05, 0) is 24.3 Å². The summed E-state index contributed by atoms with van der Waals surface area (Å²) >= 11 is 1.67. The molecule has 0 radical (unpaired) electrons. The number of nitrogens with zero attached hydrogens (tertiary/aromatic N) is 3. The molecule has 1 atom stereocenters. The number of imidazole rings is 1. The second-order valence-corrected chi connectivity index (χ2v) is 5.28. The van der Waals surface area contributed by atoms with Crippen molar-refractivity contribution in [1.29, 1.82) is 0 Å². The van der Waals surface area contributed by atoms with Crippen molar-refractivity contribution in [2.24, 2.45) is 0 Å². The Morgan fingerprint density at radius 3 is 3.00 bits per heavy atom. The highest BCUT2D eigenvalue weighted by Crippen LogP contribution is 2.30. The molecule has 6 heteroatoms. The summed E-state index contributed by atoms with van der Waals surface area (Å²) in [4.78, 5) is 16.2. The third kappa shape index (κ3) is 2.19. The zero-order valence-electron chi connectivity index (χ0n) is 10.8. The third-order valence-electron chi connectivity index (χ3n) is 3.10. The van der Waals surface area contributed by atoms with E-state index in [0.717, 1.165) is 28.3 Å². The molecule has 0 spiro atoms. The molecule has 0 aliphatic rings. The van der Waals surface area contributed by atoms with E-state index in [4.69, 9.17) is 0 Å². The number of rotatable bonds is 4. The van der Waals surface area contributed by atoms with Gasteiger partial charge in [-0.2, -0.15) is 0 Å². The molecule has 19 heavy (non-hydrogen) atoms. The molecule has 0 saturated heterocycles. The first-order valence-corrected chi connectivity index (χ1v) is 7.12. The van der Waals surface area contributed by atoms with Gasteiger partial charge in [0.25, 0.3) is 0 Å². The summed E-state index contributed by atoms with van der Waals surface area (Å²) in [6.45, 7) is 4.19. The van der Waals surface area contributed by atoms with E-state index >= 15 is 0 Å². The van der Waals surface area contributed by atoms with Crippen LogP contribution in [0, 0.1) is 6.92 Å². The lowest BCUT2D eigenvalue weighted by atomic mass is 10.2. The van der Waals surface area contributed by atoms with E-state index in [1.54, 1.807) is 23.9 Å². The number of aromatic nitrogens is 4. The summed E-state index contributed by atoms with van der Waals surface area (Å²) in [6.07, 6.45) is 6.15. The van der Waals surface area contributed by atoms with Gasteiger partial charge in [0.1, 0.15) is 18.0 Å². The Hall–Kier alpha value is -1.95. The molecule has 0 aromatic carbocycles. The zero-order chi connectivity index (χ0) is 13.2. The minimum atomic E-state index is 0.135. The van der Waals surface area contributed by atoms with E-state index in [9.17, 15) is 0 Å². The molecule has 98 valence electrons. The van der Waals surface area contributed by atoms with Gasteiger partial charge in [-0.25, -0.2) is 15.0 Å². The Bertz CT molecular complexity index is 673. The van der Waals surface area contributed by atoms with Crippen LogP contribution in [-0.4, -0.2) is 19.9 Å². The molecule has 0 fully saturated rings. The first kappa shape index (κ1) is 12.1. The molecule has 3 aromatic rings. The molecule has 3 aromatic heterocycles. The average molecular weight is 273 g/mol. The Balaban J connectivity index is 1.96. The molecule has 0 bridgehead atoms. The average Bonchev–Trinajstić information content (AvgIpc) is 3.07. The van der Waals surface area contributed by atoms with Crippen LogP contribution in [0.1, 0.15) is 30.8 Å². The number of anilines is 1. The van der Waals surface area contributed by atoms with Gasteiger partial charge >= 0.3 is 0 Å². The minimum absolute atomic E-state index is 0.135. The zero-order valence-corrected chi connectivity index (χ0v) is 11.7. The molecule has 3 rings (SSSR count). The molecule has 1 unspecified atom stereocenters. The molecule has 3 heterocycles. The standard InChI is InChI=1S/C13H15N5S/c1-3-9(12-14-4-5-15-12)18-13-11-10(16-7-17-13)8(2)6-19-11/h4-7,9H,3H2,1-2H3,(H,14,15)(H,16,17,18). The number of thiophene rings is 1. The van der Waals surface area contributed by atoms with Gasteiger partial charge < -0.3 is 10.3 Å². The smallest absolute Gasteiger partial charge is 0.148 e. The lowest BCUT2D eigenvalue weighted by Crippen LogP contribution is -2.12. The van der Waals surface area contributed by atoms with Gasteiger partial charge in [0.15, 0.2) is 0 Å². The van der Waals surface area contributed by atoms with Crippen LogP contribution in [0.4, 0.5) is 5.82 Å². The summed E-state index contributed by atoms with van der Waals surface area (Å²) in [5, 5.41) is 5.56. The number of H-pyrrole nitrogens is 1. The first-order valence-electron chi connectivity index (χ1n) is 6.24. The van der Waals surface area contributed by atoms with Crippen molar-refractivity contribution in [3.8, 4) is 0 Å². The fourth-order valence-electron chi connectivity index (χ4n) is 2.07. The van der Waals surface area contributed by atoms with E-state index in [1.807, 2.05) is 6.20 Å². The maximum Gasteiger partial charge on any atom is 0.148 e. The normalized spacial score (nSPS) is 12.7. The van der Waals surface area contributed by atoms with Crippen LogP contribution in [0.2, 0.25) is 0 Å². The molecule has 0 amide bonds. The van der Waals surface area contributed by atoms with Crippen LogP contribution in [0.5, 0.6) is 0 Å². The Kier molecular flexibility index (Phi) is 3.16. The highest BCUT2D eigenvalue weighted by Gasteiger charge is 2.15. The van der Waals surface area contributed by atoms with Crippen molar-refractivity contribution in [2.45, 2.75) is 26.3 Å². The highest BCUT2D eigenvalue weighted by molar-refractivity contribution is 7.18. The van der Waals surface area contributed by atoms with Gasteiger partial charge in [0.2, 0.25) is 0 Å². The van der Waals surface area contributed by atoms with Crippen LogP contribution in [0.15, 0.2) is 24.1 Å². The summed E-state index contributed by atoms with van der Waals surface area (Å²) in [5.74, 6) is 1.81. The third-order valence-corrected chi connectivity index (χ3v) is 4.19. The molecule has 5 nitrogen and oxygen atoms in total. The number of hydrogen-bond acceptors (Lipinski definition) is 5. The lowest BCUT2D eigenvalue weighted by molar-refractivity contribution is 0.701. The van der Waals surface area contributed by atoms with Crippen LogP contribution >= 0.6 is 11.3 Å². The van der Waals surface area contributed by atoms with Gasteiger partial charge in [-0.15, -0.1) is 11.3 Å². The van der Waals surface area contributed by atoms with Crippen molar-refractivity contribution in [2.75, 3.05) is 5.32 Å². The van der Waals surface area contributed by atoms with Crippen molar-refractivity contribution in [3.05, 3.63) is 35.5 Å². The monoisotopic (exact) mass is 273 g/mol. The van der Waals surface area contributed by atoms with Crippen LogP contribution in [0.3, 0.4) is 0 Å². The van der Waals surface area contributed by atoms with Gasteiger partial charge in [-0.1, -0.05) is 6.92 Å². The van der Waals surface area contributed by atoms with E-state index in [0.29, 0.717) is 0 Å². The number of hydrogen-bond donors (Lipinski definition) is 2. The predicted octanol–water partition coefficient (Wildman–Crippen LogP) is 3.29. The first-order chi connectivity index (χ1) is 9.29. The van der Waals surface area contributed by atoms with E-state index in [1.165, 1.54) is 5.56 Å². The summed E-state index contributed by atoms with van der Waals surface area (Å²) < 4.78 is 1.10. The van der Waals surface area contributed by atoms with Crippen molar-refractivity contribution in [1.82, 2.24) is 19.9 Å². The quantitative estimate of drug-likeness (QED) is 0.765. The van der Waals surface area contributed by atoms with Crippen molar-refractivity contribution < 1.29 is 0 Å². The van der Waals surface area contributed by atoms with Crippen LogP contribution in [0.25, 0.3) is 10.2 Å². The molecular weight excluding hydrogens is 258 g/mol. The maximum atomic E-state index is 4.36. The van der Waals surface area contributed by atoms with Gasteiger partial charge in [0.05, 0.1) is 16.3 Å². The number of aromatic amines is 1. The minimum Gasteiger partial charge on any atom is -0.359 e. The SMILES string of the molecule is CCC(Nc1ncnc2c(C)csc12)c1ncc[nH]1. The van der Waals surface area contributed by atoms with Crippen molar-refractivity contribution in [3.63, 3.8) is 0 Å². The fraction of sp³-hybridized carbons (Fsp3) is 0.308. The fourth-order valence-corrected chi connectivity index (χ4v) is 3.02. The second kappa shape index (κ2) is 4.97. The molecular formula is C13H15N5S. The Morgan fingerprint density at radius 1 is 1.37 bits per heavy atom. The van der Waals surface area contributed by atoms with Crippen LogP contribution < -0.4 is 5.32 Å². The number of nitrogens with one attached hydrogen (secondary N) is 2. The molecule has 0 aliphatic heterocycles. The largest absolute Gasteiger partial charge is 0.359 e. The topological polar surface area (TPSA) is 66.5 Å². The van der Waals surface area contributed by atoms with E-state index in [2.05, 4.69) is 44.5 Å². The maximum absolute atomic E-state index is 4.36. The predicted molar refractivity (Wildman–Crippen MR) is 77.4 cm³/mol. The molecule has 0 aliphatic carbocycles. The number of fused-ring (bicyclic) bond motifs is 1. The summed E-state index contributed by atoms with van der Waals surface area (Å²) in [7, 11) is 0. The highest BCUT2D eigenvalue weighted by atomic mass is 32.1. The van der Waals surface area contributed by atoms with E-state index in [-0.39, 0.29) is 6.04 Å². The van der Waals surface area contributed by atoms with Crippen LogP contribution in [-0.2, 0) is 0 Å². The lowest BCUT2D eigenvalue weighted by Gasteiger charge is -2.15.